The Kier molecular flexibility index (Phi) is 4.46. The average Bonchev–Trinajstić information content (AvgIpc) is 2.59. The third-order valence-corrected chi connectivity index (χ3v) is 7.75. The summed E-state index contributed by atoms with van der Waals surface area (Å²) in [5.41, 5.74) is 2.81. The van der Waals surface area contributed by atoms with E-state index >= 15 is 0 Å². The van der Waals surface area contributed by atoms with Gasteiger partial charge in [0.1, 0.15) is 0 Å². The predicted octanol–water partition coefficient (Wildman–Crippen LogP) is 7.07. The largest absolute Gasteiger partial charge is 0.322 e. The molecule has 4 aliphatic carbocycles. The minimum atomic E-state index is -0.216. The third-order valence-electron chi connectivity index (χ3n) is 6.87. The smallest absolute Gasteiger partial charge is 0.255 e. The van der Waals surface area contributed by atoms with Gasteiger partial charge in [-0.05, 0) is 91.7 Å². The van der Waals surface area contributed by atoms with E-state index in [1.54, 1.807) is 18.2 Å². The third kappa shape index (κ3) is 3.34. The van der Waals surface area contributed by atoms with Gasteiger partial charge in [0, 0.05) is 26.2 Å². The molecule has 2 aromatic rings. The van der Waals surface area contributed by atoms with Crippen molar-refractivity contribution < 1.29 is 4.79 Å². The average molecular weight is 435 g/mol. The van der Waals surface area contributed by atoms with Crippen LogP contribution in [0, 0.1) is 11.8 Å². The van der Waals surface area contributed by atoms with Gasteiger partial charge in [0.25, 0.3) is 5.91 Å². The molecule has 6 rings (SSSR count). The highest BCUT2D eigenvalue weighted by Gasteiger charge is 2.57. The highest BCUT2D eigenvalue weighted by molar-refractivity contribution is 6.35. The number of nitrogens with one attached hydrogen (secondary N) is 1. The van der Waals surface area contributed by atoms with Crippen molar-refractivity contribution in [1.29, 1.82) is 0 Å². The number of alkyl halides is 1. The second-order valence-electron chi connectivity index (χ2n) is 9.08. The van der Waals surface area contributed by atoms with Gasteiger partial charge in [-0.15, -0.1) is 11.6 Å². The number of rotatable bonds is 3. The number of amides is 1. The normalized spacial score (nSPS) is 33.1. The van der Waals surface area contributed by atoms with Crippen LogP contribution in [0.25, 0.3) is 0 Å². The lowest BCUT2D eigenvalue weighted by atomic mass is 9.47. The first-order valence-electron chi connectivity index (χ1n) is 9.90. The van der Waals surface area contributed by atoms with Gasteiger partial charge in [-0.2, -0.15) is 0 Å². The minimum Gasteiger partial charge on any atom is -0.322 e. The van der Waals surface area contributed by atoms with E-state index in [2.05, 4.69) is 17.4 Å². The van der Waals surface area contributed by atoms with E-state index in [1.165, 1.54) is 37.7 Å². The van der Waals surface area contributed by atoms with Crippen LogP contribution in [-0.4, -0.2) is 10.8 Å². The Bertz CT molecular complexity index is 905. The van der Waals surface area contributed by atoms with E-state index in [0.29, 0.717) is 15.6 Å². The number of carbonyl (C=O) groups excluding carboxylic acids is 1. The summed E-state index contributed by atoms with van der Waals surface area (Å²) in [6.45, 7) is 0. The molecule has 4 aliphatic rings. The number of hydrogen-bond donors (Lipinski definition) is 1. The summed E-state index contributed by atoms with van der Waals surface area (Å²) in [7, 11) is 0. The van der Waals surface area contributed by atoms with Gasteiger partial charge in [-0.1, -0.05) is 35.3 Å². The first-order chi connectivity index (χ1) is 13.3. The Morgan fingerprint density at radius 1 is 0.929 bits per heavy atom. The van der Waals surface area contributed by atoms with Crippen LogP contribution in [0.3, 0.4) is 0 Å². The maximum absolute atomic E-state index is 12.5. The molecular weight excluding hydrogens is 413 g/mol. The number of carbonyl (C=O) groups is 1. The molecule has 4 saturated carbocycles. The molecule has 2 atom stereocenters. The van der Waals surface area contributed by atoms with E-state index in [1.807, 2.05) is 12.1 Å². The molecule has 0 saturated heterocycles. The van der Waals surface area contributed by atoms with Gasteiger partial charge in [0.15, 0.2) is 0 Å². The minimum absolute atomic E-state index is 0.00279. The van der Waals surface area contributed by atoms with Crippen LogP contribution in [0.4, 0.5) is 5.69 Å². The maximum atomic E-state index is 12.5. The van der Waals surface area contributed by atoms with Crippen molar-refractivity contribution in [3.05, 3.63) is 63.6 Å². The molecule has 2 nitrogen and oxygen atoms in total. The molecule has 0 aromatic heterocycles. The Morgan fingerprint density at radius 3 is 2.11 bits per heavy atom. The van der Waals surface area contributed by atoms with Crippen molar-refractivity contribution in [2.75, 3.05) is 5.32 Å². The first kappa shape index (κ1) is 18.8. The Hall–Kier alpha value is -1.22. The van der Waals surface area contributed by atoms with Crippen molar-refractivity contribution in [3.8, 4) is 0 Å². The molecular formula is C23H22Cl3NO. The zero-order valence-electron chi connectivity index (χ0n) is 15.5. The summed E-state index contributed by atoms with van der Waals surface area (Å²) in [6, 6.07) is 13.2. The van der Waals surface area contributed by atoms with Gasteiger partial charge >= 0.3 is 0 Å². The summed E-state index contributed by atoms with van der Waals surface area (Å²) in [6.07, 6.45) is 7.31. The van der Waals surface area contributed by atoms with Crippen LogP contribution >= 0.6 is 34.8 Å². The van der Waals surface area contributed by atoms with Crippen molar-refractivity contribution in [3.63, 3.8) is 0 Å². The quantitative estimate of drug-likeness (QED) is 0.514. The summed E-state index contributed by atoms with van der Waals surface area (Å²) >= 11 is 19.0. The fourth-order valence-electron chi connectivity index (χ4n) is 6.28. The van der Waals surface area contributed by atoms with Crippen molar-refractivity contribution >= 4 is 46.4 Å². The standard InChI is InChI=1S/C23H22Cl3NO/c24-18-6-16(7-19(25)8-18)21(28)27-20-3-1-17(2-4-20)22-9-14-5-15(10-22)12-23(26,11-14)13-22/h1-4,6-8,14-15H,5,9-13H2,(H,27,28). The molecule has 2 aromatic carbocycles. The van der Waals surface area contributed by atoms with Crippen LogP contribution in [-0.2, 0) is 5.41 Å². The lowest BCUT2D eigenvalue weighted by molar-refractivity contribution is 0.00900. The molecule has 0 radical (unpaired) electrons. The van der Waals surface area contributed by atoms with Gasteiger partial charge in [0.2, 0.25) is 0 Å². The zero-order valence-corrected chi connectivity index (χ0v) is 17.7. The number of hydrogen-bond acceptors (Lipinski definition) is 1. The zero-order chi connectivity index (χ0) is 19.5. The topological polar surface area (TPSA) is 29.1 Å². The molecule has 1 N–H and O–H groups in total. The fourth-order valence-corrected chi connectivity index (χ4v) is 7.50. The molecule has 2 unspecified atom stereocenters. The van der Waals surface area contributed by atoms with Crippen molar-refractivity contribution in [2.24, 2.45) is 11.8 Å². The van der Waals surface area contributed by atoms with Crippen molar-refractivity contribution in [1.82, 2.24) is 0 Å². The summed E-state index contributed by atoms with van der Waals surface area (Å²) in [4.78, 5) is 12.5. The van der Waals surface area contributed by atoms with E-state index < -0.39 is 0 Å². The second kappa shape index (κ2) is 6.65. The number of halogens is 3. The number of benzene rings is 2. The molecule has 28 heavy (non-hydrogen) atoms. The molecule has 4 bridgehead atoms. The molecule has 5 heteroatoms. The van der Waals surface area contributed by atoms with Gasteiger partial charge in [-0.25, -0.2) is 0 Å². The van der Waals surface area contributed by atoms with Gasteiger partial charge < -0.3 is 5.32 Å². The maximum Gasteiger partial charge on any atom is 0.255 e. The van der Waals surface area contributed by atoms with E-state index in [4.69, 9.17) is 34.8 Å². The fraction of sp³-hybridized carbons (Fsp3) is 0.435. The van der Waals surface area contributed by atoms with Gasteiger partial charge in [0.05, 0.1) is 0 Å². The Labute approximate surface area is 180 Å². The molecule has 0 spiro atoms. The monoisotopic (exact) mass is 433 g/mol. The SMILES string of the molecule is O=C(Nc1ccc(C23CC4CC(CC(Cl)(C4)C2)C3)cc1)c1cc(Cl)cc(Cl)c1. The van der Waals surface area contributed by atoms with E-state index in [9.17, 15) is 4.79 Å². The summed E-state index contributed by atoms with van der Waals surface area (Å²) in [5, 5.41) is 3.84. The van der Waals surface area contributed by atoms with Crippen molar-refractivity contribution in [2.45, 2.75) is 48.8 Å². The Balaban J connectivity index is 1.36. The van der Waals surface area contributed by atoms with Crippen LogP contribution in [0.2, 0.25) is 10.0 Å². The van der Waals surface area contributed by atoms with Gasteiger partial charge in [-0.3, -0.25) is 4.79 Å². The summed E-state index contributed by atoms with van der Waals surface area (Å²) < 4.78 is 0. The van der Waals surface area contributed by atoms with Crippen LogP contribution < -0.4 is 5.32 Å². The number of anilines is 1. The van der Waals surface area contributed by atoms with E-state index in [0.717, 1.165) is 23.9 Å². The Morgan fingerprint density at radius 2 is 1.54 bits per heavy atom. The lowest BCUT2D eigenvalue weighted by Gasteiger charge is -2.60. The molecule has 0 aliphatic heterocycles. The highest BCUT2D eigenvalue weighted by Crippen LogP contribution is 2.64. The van der Waals surface area contributed by atoms with Crippen LogP contribution in [0.15, 0.2) is 42.5 Å². The predicted molar refractivity (Wildman–Crippen MR) is 116 cm³/mol. The second-order valence-corrected chi connectivity index (χ2v) is 10.8. The van der Waals surface area contributed by atoms with Crippen LogP contribution in [0.1, 0.15) is 54.4 Å². The molecule has 146 valence electrons. The molecule has 4 fully saturated rings. The molecule has 1 amide bonds. The summed E-state index contributed by atoms with van der Waals surface area (Å²) in [5.74, 6) is 1.32. The lowest BCUT2D eigenvalue weighted by Crippen LogP contribution is -2.55. The first-order valence-corrected chi connectivity index (χ1v) is 11.0. The highest BCUT2D eigenvalue weighted by atomic mass is 35.5. The van der Waals surface area contributed by atoms with Crippen LogP contribution in [0.5, 0.6) is 0 Å². The molecule has 0 heterocycles. The van der Waals surface area contributed by atoms with E-state index in [-0.39, 0.29) is 16.2 Å².